The summed E-state index contributed by atoms with van der Waals surface area (Å²) in [5.41, 5.74) is 2.19. The lowest BCUT2D eigenvalue weighted by Gasteiger charge is -2.04. The molecule has 1 aliphatic carbocycles. The Kier molecular flexibility index (Phi) is 2.51. The smallest absolute Gasteiger partial charge is 0.0959 e. The van der Waals surface area contributed by atoms with Crippen LogP contribution in [0.4, 0.5) is 5.69 Å². The van der Waals surface area contributed by atoms with Crippen molar-refractivity contribution in [3.8, 4) is 0 Å². The molecule has 2 N–H and O–H groups in total. The topological polar surface area (TPSA) is 53.6 Å². The predicted molar refractivity (Wildman–Crippen MR) is 77.5 cm³/mol. The van der Waals surface area contributed by atoms with Crippen molar-refractivity contribution in [3.05, 3.63) is 40.5 Å². The zero-order chi connectivity index (χ0) is 12.7. The van der Waals surface area contributed by atoms with Crippen LogP contribution >= 0.6 is 11.3 Å². The van der Waals surface area contributed by atoms with Crippen LogP contribution in [0.5, 0.6) is 0 Å². The Morgan fingerprint density at radius 3 is 3.16 bits per heavy atom. The van der Waals surface area contributed by atoms with Crippen molar-refractivity contribution in [2.75, 3.05) is 5.32 Å². The molecule has 5 heteroatoms. The van der Waals surface area contributed by atoms with Crippen molar-refractivity contribution < 1.29 is 0 Å². The van der Waals surface area contributed by atoms with Gasteiger partial charge in [0.2, 0.25) is 0 Å². The molecule has 1 fully saturated rings. The van der Waals surface area contributed by atoms with Gasteiger partial charge in [0, 0.05) is 28.1 Å². The number of benzene rings is 1. The molecule has 2 aromatic heterocycles. The van der Waals surface area contributed by atoms with Gasteiger partial charge in [0.25, 0.3) is 0 Å². The van der Waals surface area contributed by atoms with E-state index < -0.39 is 0 Å². The number of thiazole rings is 1. The number of fused-ring (bicyclic) bond motifs is 1. The van der Waals surface area contributed by atoms with Crippen molar-refractivity contribution in [1.82, 2.24) is 15.2 Å². The Bertz CT molecular complexity index is 711. The van der Waals surface area contributed by atoms with Crippen LogP contribution in [-0.2, 0) is 6.54 Å². The lowest BCUT2D eigenvalue weighted by molar-refractivity contribution is 1.08. The normalized spacial score (nSPS) is 14.9. The Morgan fingerprint density at radius 1 is 1.32 bits per heavy atom. The largest absolute Gasteiger partial charge is 0.380 e. The first kappa shape index (κ1) is 11.0. The SMILES string of the molecule is c1cc2[nH]ncc2cc1NCc1cnc(C2CC2)s1. The second-order valence-corrected chi connectivity index (χ2v) is 6.11. The lowest BCUT2D eigenvalue weighted by atomic mass is 10.2. The zero-order valence-corrected chi connectivity index (χ0v) is 11.2. The maximum atomic E-state index is 4.50. The Morgan fingerprint density at radius 2 is 2.26 bits per heavy atom. The molecule has 1 aliphatic rings. The van der Waals surface area contributed by atoms with E-state index in [4.69, 9.17) is 0 Å². The molecule has 0 aliphatic heterocycles. The second kappa shape index (κ2) is 4.35. The van der Waals surface area contributed by atoms with Crippen LogP contribution in [0, 0.1) is 0 Å². The highest BCUT2D eigenvalue weighted by Gasteiger charge is 2.26. The van der Waals surface area contributed by atoms with E-state index in [-0.39, 0.29) is 0 Å². The maximum Gasteiger partial charge on any atom is 0.0959 e. The highest BCUT2D eigenvalue weighted by molar-refractivity contribution is 7.11. The highest BCUT2D eigenvalue weighted by atomic mass is 32.1. The summed E-state index contributed by atoms with van der Waals surface area (Å²) >= 11 is 1.84. The fourth-order valence-corrected chi connectivity index (χ4v) is 3.19. The van der Waals surface area contributed by atoms with E-state index in [9.17, 15) is 0 Å². The standard InChI is InChI=1S/C14H14N4S/c1-2-9(1)14-16-8-12(19-14)7-15-11-3-4-13-10(5-11)6-17-18-13/h3-6,8-9,15H,1-2,7H2,(H,17,18). The van der Waals surface area contributed by atoms with Crippen molar-refractivity contribution in [3.63, 3.8) is 0 Å². The fourth-order valence-electron chi connectivity index (χ4n) is 2.17. The van der Waals surface area contributed by atoms with Crippen molar-refractivity contribution in [2.24, 2.45) is 0 Å². The first-order valence-electron chi connectivity index (χ1n) is 6.50. The molecule has 0 atom stereocenters. The Hall–Kier alpha value is -1.88. The van der Waals surface area contributed by atoms with Gasteiger partial charge in [0.1, 0.15) is 0 Å². The number of rotatable bonds is 4. The van der Waals surface area contributed by atoms with Crippen LogP contribution in [0.25, 0.3) is 10.9 Å². The number of aromatic amines is 1. The zero-order valence-electron chi connectivity index (χ0n) is 10.4. The summed E-state index contributed by atoms with van der Waals surface area (Å²) in [6.45, 7) is 0.841. The molecular weight excluding hydrogens is 256 g/mol. The predicted octanol–water partition coefficient (Wildman–Crippen LogP) is 3.51. The molecule has 0 amide bonds. The van der Waals surface area contributed by atoms with Crippen LogP contribution in [0.2, 0.25) is 0 Å². The molecule has 3 aromatic rings. The quantitative estimate of drug-likeness (QED) is 0.762. The number of H-pyrrole nitrogens is 1. The minimum absolute atomic E-state index is 0.751. The van der Waals surface area contributed by atoms with Gasteiger partial charge < -0.3 is 5.32 Å². The van der Waals surface area contributed by atoms with E-state index in [1.54, 1.807) is 0 Å². The number of aromatic nitrogens is 3. The fraction of sp³-hybridized carbons (Fsp3) is 0.286. The van der Waals surface area contributed by atoms with Gasteiger partial charge in [-0.1, -0.05) is 0 Å². The van der Waals surface area contributed by atoms with E-state index in [0.29, 0.717) is 0 Å². The van der Waals surface area contributed by atoms with Gasteiger partial charge in [-0.05, 0) is 31.0 Å². The summed E-state index contributed by atoms with van der Waals surface area (Å²) in [4.78, 5) is 5.80. The van der Waals surface area contributed by atoms with E-state index in [2.05, 4.69) is 32.6 Å². The van der Waals surface area contributed by atoms with Gasteiger partial charge in [-0.3, -0.25) is 5.10 Å². The third-order valence-corrected chi connectivity index (χ3v) is 4.56. The minimum Gasteiger partial charge on any atom is -0.380 e. The monoisotopic (exact) mass is 270 g/mol. The third kappa shape index (κ3) is 2.21. The Labute approximate surface area is 114 Å². The minimum atomic E-state index is 0.751. The molecule has 96 valence electrons. The number of hydrogen-bond acceptors (Lipinski definition) is 4. The number of nitrogens with one attached hydrogen (secondary N) is 2. The number of hydrogen-bond donors (Lipinski definition) is 2. The van der Waals surface area contributed by atoms with Crippen molar-refractivity contribution in [1.29, 1.82) is 0 Å². The van der Waals surface area contributed by atoms with Gasteiger partial charge in [-0.2, -0.15) is 5.10 Å². The van der Waals surface area contributed by atoms with Gasteiger partial charge in [-0.25, -0.2) is 4.98 Å². The molecule has 0 bridgehead atoms. The molecular formula is C14H14N4S. The first-order chi connectivity index (χ1) is 9.38. The lowest BCUT2D eigenvalue weighted by Crippen LogP contribution is -1.96. The molecule has 0 saturated heterocycles. The molecule has 1 saturated carbocycles. The van der Waals surface area contributed by atoms with Crippen molar-refractivity contribution in [2.45, 2.75) is 25.3 Å². The summed E-state index contributed by atoms with van der Waals surface area (Å²) < 4.78 is 0. The molecule has 19 heavy (non-hydrogen) atoms. The van der Waals surface area contributed by atoms with Crippen LogP contribution < -0.4 is 5.32 Å². The van der Waals surface area contributed by atoms with Gasteiger partial charge in [0.15, 0.2) is 0 Å². The summed E-state index contributed by atoms with van der Waals surface area (Å²) in [6.07, 6.45) is 6.48. The van der Waals surface area contributed by atoms with Crippen LogP contribution in [0.3, 0.4) is 0 Å². The molecule has 4 nitrogen and oxygen atoms in total. The van der Waals surface area contributed by atoms with E-state index in [1.165, 1.54) is 22.7 Å². The summed E-state index contributed by atoms with van der Waals surface area (Å²) in [5.74, 6) is 0.751. The second-order valence-electron chi connectivity index (χ2n) is 4.96. The average Bonchev–Trinajstić information content (AvgIpc) is 3.01. The third-order valence-electron chi connectivity index (χ3n) is 3.40. The molecule has 1 aromatic carbocycles. The molecule has 4 rings (SSSR count). The molecule has 0 spiro atoms. The van der Waals surface area contributed by atoms with Crippen molar-refractivity contribution >= 4 is 27.9 Å². The summed E-state index contributed by atoms with van der Waals surface area (Å²) in [7, 11) is 0. The van der Waals surface area contributed by atoms with Crippen LogP contribution in [-0.4, -0.2) is 15.2 Å². The van der Waals surface area contributed by atoms with E-state index >= 15 is 0 Å². The summed E-state index contributed by atoms with van der Waals surface area (Å²) in [6, 6.07) is 6.23. The average molecular weight is 270 g/mol. The van der Waals surface area contributed by atoms with Gasteiger partial charge >= 0.3 is 0 Å². The van der Waals surface area contributed by atoms with E-state index in [0.717, 1.165) is 29.1 Å². The molecule has 2 heterocycles. The maximum absolute atomic E-state index is 4.50. The van der Waals surface area contributed by atoms with Crippen LogP contribution in [0.15, 0.2) is 30.6 Å². The molecule has 0 unspecified atom stereocenters. The summed E-state index contributed by atoms with van der Waals surface area (Å²) in [5, 5.41) is 12.9. The van der Waals surface area contributed by atoms with Gasteiger partial charge in [0.05, 0.1) is 23.3 Å². The number of anilines is 1. The van der Waals surface area contributed by atoms with E-state index in [1.807, 2.05) is 29.8 Å². The number of nitrogens with zero attached hydrogens (tertiary/aromatic N) is 2. The molecule has 0 radical (unpaired) electrons. The highest BCUT2D eigenvalue weighted by Crippen LogP contribution is 2.41. The van der Waals surface area contributed by atoms with Crippen LogP contribution in [0.1, 0.15) is 28.6 Å². The first-order valence-corrected chi connectivity index (χ1v) is 7.32. The Balaban J connectivity index is 1.47. The van der Waals surface area contributed by atoms with Gasteiger partial charge in [-0.15, -0.1) is 11.3 Å².